The molecule has 0 radical (unpaired) electrons. The molecule has 0 amide bonds. The third-order valence-electron chi connectivity index (χ3n) is 5.89. The van der Waals surface area contributed by atoms with E-state index in [2.05, 4.69) is 15.4 Å². The van der Waals surface area contributed by atoms with Gasteiger partial charge in [-0.1, -0.05) is 12.1 Å². The van der Waals surface area contributed by atoms with Crippen LogP contribution in [0, 0.1) is 12.3 Å². The van der Waals surface area contributed by atoms with Gasteiger partial charge in [0, 0.05) is 53.6 Å². The first-order valence-corrected chi connectivity index (χ1v) is 11.6. The molecule has 0 spiro atoms. The molecule has 180 valence electrons. The summed E-state index contributed by atoms with van der Waals surface area (Å²) in [6.45, 7) is 2.02. The van der Waals surface area contributed by atoms with Crippen LogP contribution in [-0.4, -0.2) is 42.8 Å². The second kappa shape index (κ2) is 11.0. The Balaban J connectivity index is 1.83. The van der Waals surface area contributed by atoms with Crippen LogP contribution in [0.4, 0.5) is 11.5 Å². The van der Waals surface area contributed by atoms with Crippen molar-refractivity contribution in [2.24, 2.45) is 7.05 Å². The van der Waals surface area contributed by atoms with Crippen molar-refractivity contribution in [3.8, 4) is 22.5 Å². The Bertz CT molecular complexity index is 1310. The fourth-order valence-corrected chi connectivity index (χ4v) is 3.94. The van der Waals surface area contributed by atoms with Crippen LogP contribution in [0.15, 0.2) is 54.6 Å². The summed E-state index contributed by atoms with van der Waals surface area (Å²) >= 11 is 0. The molecule has 0 atom stereocenters. The molecule has 0 fully saturated rings. The molecule has 0 saturated carbocycles. The molecule has 4 aromatic rings. The lowest BCUT2D eigenvalue weighted by molar-refractivity contribution is 0.277. The van der Waals surface area contributed by atoms with Crippen molar-refractivity contribution < 1.29 is 10.2 Å². The van der Waals surface area contributed by atoms with Crippen LogP contribution < -0.4 is 5.32 Å². The second-order valence-corrected chi connectivity index (χ2v) is 8.42. The first-order valence-electron chi connectivity index (χ1n) is 11.6. The zero-order valence-electron chi connectivity index (χ0n) is 20.0. The van der Waals surface area contributed by atoms with E-state index in [-0.39, 0.29) is 13.2 Å². The Hall–Kier alpha value is -3.88. The van der Waals surface area contributed by atoms with Crippen molar-refractivity contribution in [3.05, 3.63) is 77.2 Å². The maximum atomic E-state index is 9.49. The fraction of sp³-hybridized carbons (Fsp3) is 0.259. The smallest absolute Gasteiger partial charge is 0.130 e. The number of hydrogen-bond acceptors (Lipinski definition) is 7. The maximum absolute atomic E-state index is 9.49. The number of aromatic nitrogens is 4. The van der Waals surface area contributed by atoms with E-state index in [1.807, 2.05) is 67.2 Å². The summed E-state index contributed by atoms with van der Waals surface area (Å²) in [5, 5.41) is 34.8. The predicted octanol–water partition coefficient (Wildman–Crippen LogP) is 4.40. The first kappa shape index (κ1) is 24.3. The van der Waals surface area contributed by atoms with Gasteiger partial charge in [0.15, 0.2) is 0 Å². The second-order valence-electron chi connectivity index (χ2n) is 8.42. The number of nitrogens with one attached hydrogen (secondary N) is 2. The van der Waals surface area contributed by atoms with Gasteiger partial charge >= 0.3 is 0 Å². The Labute approximate surface area is 204 Å². The molecule has 0 unspecified atom stereocenters. The van der Waals surface area contributed by atoms with E-state index in [4.69, 9.17) is 15.5 Å². The fourth-order valence-electron chi connectivity index (χ4n) is 3.94. The number of benzene rings is 1. The summed E-state index contributed by atoms with van der Waals surface area (Å²) < 4.78 is 1.81. The van der Waals surface area contributed by atoms with Gasteiger partial charge in [0.05, 0.1) is 23.7 Å². The number of unbranched alkanes of at least 4 members (excludes halogenated alkanes) is 1. The third-order valence-corrected chi connectivity index (χ3v) is 5.89. The molecule has 0 aliphatic carbocycles. The van der Waals surface area contributed by atoms with E-state index in [9.17, 15) is 5.11 Å². The minimum atomic E-state index is -0.154. The number of aliphatic hydroxyl groups excluding tert-OH is 2. The first-order chi connectivity index (χ1) is 17.0. The molecular formula is C27H30N6O2. The van der Waals surface area contributed by atoms with Crippen molar-refractivity contribution in [1.82, 2.24) is 19.7 Å². The van der Waals surface area contributed by atoms with E-state index in [1.54, 1.807) is 6.07 Å². The highest BCUT2D eigenvalue weighted by Crippen LogP contribution is 2.35. The van der Waals surface area contributed by atoms with Crippen molar-refractivity contribution in [1.29, 1.82) is 5.41 Å². The van der Waals surface area contributed by atoms with Gasteiger partial charge in [-0.05, 0) is 68.7 Å². The Morgan fingerprint density at radius 2 is 1.77 bits per heavy atom. The van der Waals surface area contributed by atoms with Gasteiger partial charge in [0.25, 0.3) is 0 Å². The molecule has 4 N–H and O–H groups in total. The average Bonchev–Trinajstić information content (AvgIpc) is 3.22. The van der Waals surface area contributed by atoms with Crippen LogP contribution in [0.3, 0.4) is 0 Å². The standard InChI is InChI=1S/C27H30N6O2/c1-18-13-26(32-33(18)2)22-14-19(24-10-5-8-20(29-24)7-3-4-12-34)15-25(23(22)16-28)31-27-11-6-9-21(17-35)30-27/h5-6,8-11,13-16,28,34-35H,3-4,7,12,17H2,1-2H3,(H,30,31). The molecule has 8 heteroatoms. The van der Waals surface area contributed by atoms with Crippen LogP contribution in [-0.2, 0) is 20.1 Å². The number of aryl methyl sites for hydroxylation is 3. The van der Waals surface area contributed by atoms with Crippen LogP contribution >= 0.6 is 0 Å². The summed E-state index contributed by atoms with van der Waals surface area (Å²) in [6.07, 6.45) is 3.73. The molecule has 0 aliphatic rings. The molecular weight excluding hydrogens is 440 g/mol. The van der Waals surface area contributed by atoms with Gasteiger partial charge in [0.1, 0.15) is 5.82 Å². The molecule has 0 bridgehead atoms. The van der Waals surface area contributed by atoms with E-state index in [0.29, 0.717) is 22.8 Å². The highest BCUT2D eigenvalue weighted by atomic mass is 16.3. The summed E-state index contributed by atoms with van der Waals surface area (Å²) in [5.74, 6) is 0.575. The number of rotatable bonds is 10. The van der Waals surface area contributed by atoms with Crippen LogP contribution in [0.25, 0.3) is 22.5 Å². The molecule has 8 nitrogen and oxygen atoms in total. The quantitative estimate of drug-likeness (QED) is 0.201. The van der Waals surface area contributed by atoms with E-state index in [0.717, 1.165) is 53.2 Å². The van der Waals surface area contributed by atoms with Crippen LogP contribution in [0.2, 0.25) is 0 Å². The number of aliphatic hydroxyl groups is 2. The molecule has 0 saturated heterocycles. The van der Waals surface area contributed by atoms with Gasteiger partial charge < -0.3 is 20.9 Å². The van der Waals surface area contributed by atoms with Gasteiger partial charge in [-0.25, -0.2) is 4.98 Å². The highest BCUT2D eigenvalue weighted by molar-refractivity contribution is 5.98. The molecule has 4 rings (SSSR count). The normalized spacial score (nSPS) is 11.0. The average molecular weight is 471 g/mol. The lowest BCUT2D eigenvalue weighted by atomic mass is 9.97. The number of hydrogen-bond donors (Lipinski definition) is 4. The topological polar surface area (TPSA) is 120 Å². The SMILES string of the molecule is Cc1cc(-c2cc(-c3cccc(CCCCO)n3)cc(Nc3cccc(CO)n3)c2C=N)nn1C. The third kappa shape index (κ3) is 5.62. The largest absolute Gasteiger partial charge is 0.396 e. The highest BCUT2D eigenvalue weighted by Gasteiger charge is 2.16. The lowest BCUT2D eigenvalue weighted by Gasteiger charge is -2.15. The van der Waals surface area contributed by atoms with E-state index in [1.165, 1.54) is 6.21 Å². The number of anilines is 2. The van der Waals surface area contributed by atoms with E-state index >= 15 is 0 Å². The minimum Gasteiger partial charge on any atom is -0.396 e. The zero-order chi connectivity index (χ0) is 24.8. The van der Waals surface area contributed by atoms with Crippen LogP contribution in [0.5, 0.6) is 0 Å². The van der Waals surface area contributed by atoms with Gasteiger partial charge in [0.2, 0.25) is 0 Å². The maximum Gasteiger partial charge on any atom is 0.130 e. The molecule has 3 aromatic heterocycles. The molecule has 0 aliphatic heterocycles. The van der Waals surface area contributed by atoms with Crippen molar-refractivity contribution in [2.75, 3.05) is 11.9 Å². The summed E-state index contributed by atoms with van der Waals surface area (Å²) in [4.78, 5) is 9.31. The monoisotopic (exact) mass is 470 g/mol. The Morgan fingerprint density at radius 1 is 0.971 bits per heavy atom. The Morgan fingerprint density at radius 3 is 2.49 bits per heavy atom. The summed E-state index contributed by atoms with van der Waals surface area (Å²) in [5.41, 5.74) is 7.20. The summed E-state index contributed by atoms with van der Waals surface area (Å²) in [7, 11) is 1.90. The Kier molecular flexibility index (Phi) is 7.64. The van der Waals surface area contributed by atoms with Crippen molar-refractivity contribution >= 4 is 17.7 Å². The van der Waals surface area contributed by atoms with Gasteiger partial charge in [-0.3, -0.25) is 9.67 Å². The van der Waals surface area contributed by atoms with Crippen molar-refractivity contribution in [2.45, 2.75) is 32.8 Å². The predicted molar refractivity (Wildman–Crippen MR) is 138 cm³/mol. The molecule has 1 aromatic carbocycles. The number of pyridine rings is 2. The van der Waals surface area contributed by atoms with E-state index < -0.39 is 0 Å². The van der Waals surface area contributed by atoms with Crippen molar-refractivity contribution in [3.63, 3.8) is 0 Å². The molecule has 3 heterocycles. The minimum absolute atomic E-state index is 0.154. The van der Waals surface area contributed by atoms with Crippen LogP contribution in [0.1, 0.15) is 35.5 Å². The zero-order valence-corrected chi connectivity index (χ0v) is 20.0. The lowest BCUT2D eigenvalue weighted by Crippen LogP contribution is -2.03. The number of nitrogens with zero attached hydrogens (tertiary/aromatic N) is 4. The molecule has 35 heavy (non-hydrogen) atoms. The summed E-state index contributed by atoms with van der Waals surface area (Å²) in [6, 6.07) is 17.4. The van der Waals surface area contributed by atoms with Gasteiger partial charge in [-0.15, -0.1) is 0 Å². The van der Waals surface area contributed by atoms with Gasteiger partial charge in [-0.2, -0.15) is 5.10 Å².